The van der Waals surface area contributed by atoms with Gasteiger partial charge in [-0.25, -0.2) is 4.98 Å². The summed E-state index contributed by atoms with van der Waals surface area (Å²) in [6.07, 6.45) is -1.04. The van der Waals surface area contributed by atoms with Crippen molar-refractivity contribution in [2.45, 2.75) is 25.3 Å². The number of imidazole rings is 1. The predicted octanol–water partition coefficient (Wildman–Crippen LogP) is 1.84. The van der Waals surface area contributed by atoms with Crippen LogP contribution in [0.2, 0.25) is 0 Å². The van der Waals surface area contributed by atoms with E-state index < -0.39 is 18.4 Å². The minimum atomic E-state index is -4.62. The molecule has 0 amide bonds. The second kappa shape index (κ2) is 3.89. The molecule has 16 heavy (non-hydrogen) atoms. The number of ether oxygens (including phenoxy) is 1. The predicted molar refractivity (Wildman–Crippen MR) is 46.5 cm³/mol. The quantitative estimate of drug-likeness (QED) is 0.784. The smallest absolute Gasteiger partial charge is 0.289 e. The number of carbonyl (C=O) groups excluding carboxylic acids is 1. The molecule has 7 heteroatoms. The first-order valence-electron chi connectivity index (χ1n) is 4.72. The molecule has 0 atom stereocenters. The van der Waals surface area contributed by atoms with Gasteiger partial charge in [0.05, 0.1) is 6.10 Å². The SMILES string of the molecule is O=C(C1CC(OC(F)(F)F)C1)n1ccnc1. The first-order valence-corrected chi connectivity index (χ1v) is 4.72. The number of halogens is 3. The highest BCUT2D eigenvalue weighted by Crippen LogP contribution is 2.35. The van der Waals surface area contributed by atoms with Crippen molar-refractivity contribution in [2.24, 2.45) is 5.92 Å². The Morgan fingerprint density at radius 2 is 2.12 bits per heavy atom. The van der Waals surface area contributed by atoms with Crippen LogP contribution < -0.4 is 0 Å². The summed E-state index contributed by atoms with van der Waals surface area (Å²) < 4.78 is 40.5. The summed E-state index contributed by atoms with van der Waals surface area (Å²) in [5.41, 5.74) is 0. The van der Waals surface area contributed by atoms with Crippen LogP contribution in [0.3, 0.4) is 0 Å². The average Bonchev–Trinajstić information content (AvgIpc) is 2.60. The first kappa shape index (κ1) is 11.1. The van der Waals surface area contributed by atoms with Crippen molar-refractivity contribution >= 4 is 5.91 Å². The first-order chi connectivity index (χ1) is 7.46. The number of rotatable bonds is 2. The Morgan fingerprint density at radius 3 is 2.62 bits per heavy atom. The molecule has 1 aliphatic carbocycles. The summed E-state index contributed by atoms with van der Waals surface area (Å²) in [6, 6.07) is 0. The molecule has 1 aromatic rings. The number of carbonyl (C=O) groups is 1. The minimum Gasteiger partial charge on any atom is -0.289 e. The maximum atomic E-state index is 11.8. The van der Waals surface area contributed by atoms with Gasteiger partial charge in [0, 0.05) is 18.3 Å². The van der Waals surface area contributed by atoms with E-state index in [1.165, 1.54) is 23.3 Å². The zero-order valence-corrected chi connectivity index (χ0v) is 8.15. The van der Waals surface area contributed by atoms with Crippen LogP contribution in [0.5, 0.6) is 0 Å². The molecule has 0 radical (unpaired) electrons. The van der Waals surface area contributed by atoms with Gasteiger partial charge in [-0.3, -0.25) is 14.1 Å². The van der Waals surface area contributed by atoms with Gasteiger partial charge in [0.2, 0.25) is 5.91 Å². The van der Waals surface area contributed by atoms with Gasteiger partial charge in [-0.05, 0) is 12.8 Å². The molecule has 0 aromatic carbocycles. The Balaban J connectivity index is 1.83. The molecule has 0 unspecified atom stereocenters. The molecule has 2 rings (SSSR count). The summed E-state index contributed by atoms with van der Waals surface area (Å²) in [7, 11) is 0. The second-order valence-corrected chi connectivity index (χ2v) is 3.66. The van der Waals surface area contributed by atoms with E-state index in [2.05, 4.69) is 9.72 Å². The summed E-state index contributed by atoms with van der Waals surface area (Å²) in [5, 5.41) is 0. The molecule has 0 bridgehead atoms. The largest absolute Gasteiger partial charge is 0.522 e. The maximum Gasteiger partial charge on any atom is 0.522 e. The van der Waals surface area contributed by atoms with Gasteiger partial charge in [-0.15, -0.1) is 13.2 Å². The van der Waals surface area contributed by atoms with Crippen LogP contribution in [0, 0.1) is 5.92 Å². The number of nitrogens with zero attached hydrogens (tertiary/aromatic N) is 2. The van der Waals surface area contributed by atoms with Crippen molar-refractivity contribution in [3.05, 3.63) is 18.7 Å². The number of alkyl halides is 3. The van der Waals surface area contributed by atoms with Crippen molar-refractivity contribution in [2.75, 3.05) is 0 Å². The lowest BCUT2D eigenvalue weighted by molar-refractivity contribution is -0.352. The van der Waals surface area contributed by atoms with E-state index in [-0.39, 0.29) is 18.7 Å². The van der Waals surface area contributed by atoms with E-state index in [9.17, 15) is 18.0 Å². The fraction of sp³-hybridized carbons (Fsp3) is 0.556. The molecule has 1 saturated carbocycles. The third kappa shape index (κ3) is 2.41. The number of aromatic nitrogens is 2. The normalized spacial score (nSPS) is 25.2. The Kier molecular flexibility index (Phi) is 2.71. The van der Waals surface area contributed by atoms with Crippen molar-refractivity contribution in [3.8, 4) is 0 Å². The van der Waals surface area contributed by atoms with Crippen LogP contribution >= 0.6 is 0 Å². The average molecular weight is 234 g/mol. The fourth-order valence-corrected chi connectivity index (χ4v) is 1.65. The third-order valence-corrected chi connectivity index (χ3v) is 2.50. The molecule has 0 saturated heterocycles. The van der Waals surface area contributed by atoms with Crippen LogP contribution in [0.25, 0.3) is 0 Å². The summed E-state index contributed by atoms with van der Waals surface area (Å²) in [5.74, 6) is -0.638. The Hall–Kier alpha value is -1.37. The second-order valence-electron chi connectivity index (χ2n) is 3.66. The molecule has 88 valence electrons. The standard InChI is InChI=1S/C9H9F3N2O2/c10-9(11,12)16-7-3-6(4-7)8(15)14-2-1-13-5-14/h1-2,5-7H,3-4H2. The Bertz CT molecular complexity index is 369. The molecule has 0 aliphatic heterocycles. The van der Waals surface area contributed by atoms with Crippen molar-refractivity contribution in [1.29, 1.82) is 0 Å². The zero-order chi connectivity index (χ0) is 11.8. The van der Waals surface area contributed by atoms with Crippen LogP contribution in [0.4, 0.5) is 13.2 Å². The molecule has 4 nitrogen and oxygen atoms in total. The summed E-state index contributed by atoms with van der Waals surface area (Å²) >= 11 is 0. The van der Waals surface area contributed by atoms with Gasteiger partial charge < -0.3 is 0 Å². The molecule has 1 fully saturated rings. The fourth-order valence-electron chi connectivity index (χ4n) is 1.65. The van der Waals surface area contributed by atoms with Crippen molar-refractivity contribution in [1.82, 2.24) is 9.55 Å². The van der Waals surface area contributed by atoms with Crippen LogP contribution in [-0.4, -0.2) is 27.9 Å². The molecule has 0 N–H and O–H groups in total. The van der Waals surface area contributed by atoms with Gasteiger partial charge >= 0.3 is 6.36 Å². The molecule has 1 aromatic heterocycles. The minimum absolute atomic E-state index is 0.108. The van der Waals surface area contributed by atoms with E-state index >= 15 is 0 Å². The van der Waals surface area contributed by atoms with Crippen LogP contribution in [0.1, 0.15) is 17.6 Å². The maximum absolute atomic E-state index is 11.8. The highest BCUT2D eigenvalue weighted by Gasteiger charge is 2.42. The number of hydrogen-bond donors (Lipinski definition) is 0. The van der Waals surface area contributed by atoms with Gasteiger partial charge in [0.15, 0.2) is 0 Å². The topological polar surface area (TPSA) is 44.1 Å². The zero-order valence-electron chi connectivity index (χ0n) is 8.15. The van der Waals surface area contributed by atoms with Crippen LogP contribution in [-0.2, 0) is 4.74 Å². The molecule has 1 heterocycles. The highest BCUT2D eigenvalue weighted by molar-refractivity contribution is 5.82. The molecule has 1 aliphatic rings. The Morgan fingerprint density at radius 1 is 1.44 bits per heavy atom. The summed E-state index contributed by atoms with van der Waals surface area (Å²) in [4.78, 5) is 15.3. The van der Waals surface area contributed by atoms with Gasteiger partial charge in [0.1, 0.15) is 6.33 Å². The van der Waals surface area contributed by atoms with Gasteiger partial charge in [0.25, 0.3) is 0 Å². The monoisotopic (exact) mass is 234 g/mol. The number of hydrogen-bond acceptors (Lipinski definition) is 3. The highest BCUT2D eigenvalue weighted by atomic mass is 19.4. The Labute approximate surface area is 89.0 Å². The van der Waals surface area contributed by atoms with Gasteiger partial charge in [-0.1, -0.05) is 0 Å². The lowest BCUT2D eigenvalue weighted by atomic mass is 9.81. The van der Waals surface area contributed by atoms with E-state index in [1.807, 2.05) is 0 Å². The van der Waals surface area contributed by atoms with Gasteiger partial charge in [-0.2, -0.15) is 0 Å². The van der Waals surface area contributed by atoms with E-state index in [1.54, 1.807) is 0 Å². The molecule has 0 spiro atoms. The lowest BCUT2D eigenvalue weighted by Crippen LogP contribution is -2.41. The lowest BCUT2D eigenvalue weighted by Gasteiger charge is -2.33. The van der Waals surface area contributed by atoms with E-state index in [4.69, 9.17) is 0 Å². The third-order valence-electron chi connectivity index (χ3n) is 2.50. The molecular formula is C9H9F3N2O2. The molecular weight excluding hydrogens is 225 g/mol. The van der Waals surface area contributed by atoms with E-state index in [0.29, 0.717) is 0 Å². The van der Waals surface area contributed by atoms with Crippen molar-refractivity contribution < 1.29 is 22.7 Å². The van der Waals surface area contributed by atoms with Crippen molar-refractivity contribution in [3.63, 3.8) is 0 Å². The van der Waals surface area contributed by atoms with E-state index in [0.717, 1.165) is 0 Å². The van der Waals surface area contributed by atoms with Crippen LogP contribution in [0.15, 0.2) is 18.7 Å². The summed E-state index contributed by atoms with van der Waals surface area (Å²) in [6.45, 7) is 0.